The van der Waals surface area contributed by atoms with Gasteiger partial charge in [0.1, 0.15) is 5.75 Å². The second-order valence-electron chi connectivity index (χ2n) is 4.37. The maximum absolute atomic E-state index is 11.9. The van der Waals surface area contributed by atoms with E-state index in [4.69, 9.17) is 4.74 Å². The van der Waals surface area contributed by atoms with Gasteiger partial charge in [-0.3, -0.25) is 9.89 Å². The zero-order valence-electron chi connectivity index (χ0n) is 11.7. The van der Waals surface area contributed by atoms with E-state index in [0.717, 1.165) is 28.4 Å². The number of hydrogen-bond acceptors (Lipinski definition) is 3. The first-order chi connectivity index (χ1) is 9.61. The third-order valence-electron chi connectivity index (χ3n) is 2.93. The number of amides is 1. The summed E-state index contributed by atoms with van der Waals surface area (Å²) in [6, 6.07) is 7.51. The number of benzene rings is 1. The van der Waals surface area contributed by atoms with E-state index in [1.54, 1.807) is 13.2 Å². The Kier molecular flexibility index (Phi) is 4.20. The molecule has 0 bridgehead atoms. The lowest BCUT2D eigenvalue weighted by Crippen LogP contribution is -2.09. The van der Waals surface area contributed by atoms with Crippen LogP contribution in [0.3, 0.4) is 0 Å². The minimum atomic E-state index is -0.205. The Morgan fingerprint density at radius 3 is 2.75 bits per heavy atom. The van der Waals surface area contributed by atoms with Crippen molar-refractivity contribution in [2.75, 3.05) is 12.4 Å². The van der Waals surface area contributed by atoms with Gasteiger partial charge < -0.3 is 10.1 Å². The van der Waals surface area contributed by atoms with E-state index >= 15 is 0 Å². The number of carbonyl (C=O) groups is 1. The molecule has 1 amide bonds. The average molecular weight is 271 g/mol. The molecule has 104 valence electrons. The summed E-state index contributed by atoms with van der Waals surface area (Å²) < 4.78 is 5.22. The molecular formula is C15H17N3O2. The molecular weight excluding hydrogens is 254 g/mol. The van der Waals surface area contributed by atoms with Gasteiger partial charge in [-0.05, 0) is 26.0 Å². The Morgan fingerprint density at radius 2 is 2.10 bits per heavy atom. The highest BCUT2D eigenvalue weighted by Crippen LogP contribution is 2.19. The molecule has 0 aliphatic rings. The van der Waals surface area contributed by atoms with Gasteiger partial charge in [0.25, 0.3) is 0 Å². The fourth-order valence-electron chi connectivity index (χ4n) is 1.87. The smallest absolute Gasteiger partial charge is 0.248 e. The molecule has 0 spiro atoms. The minimum absolute atomic E-state index is 0.205. The predicted molar refractivity (Wildman–Crippen MR) is 78.7 cm³/mol. The van der Waals surface area contributed by atoms with Crippen LogP contribution in [0, 0.1) is 13.8 Å². The molecule has 1 aromatic carbocycles. The summed E-state index contributed by atoms with van der Waals surface area (Å²) in [7, 11) is 1.60. The Bertz CT molecular complexity index is 625. The van der Waals surface area contributed by atoms with Gasteiger partial charge >= 0.3 is 0 Å². The molecule has 0 unspecified atom stereocenters. The number of ether oxygens (including phenoxy) is 1. The molecule has 0 fully saturated rings. The monoisotopic (exact) mass is 271 g/mol. The molecule has 1 heterocycles. The zero-order valence-corrected chi connectivity index (χ0v) is 11.7. The van der Waals surface area contributed by atoms with E-state index in [-0.39, 0.29) is 5.91 Å². The van der Waals surface area contributed by atoms with Crippen LogP contribution in [-0.2, 0) is 4.79 Å². The van der Waals surface area contributed by atoms with Gasteiger partial charge in [0.2, 0.25) is 5.91 Å². The van der Waals surface area contributed by atoms with Crippen LogP contribution in [0.2, 0.25) is 0 Å². The third-order valence-corrected chi connectivity index (χ3v) is 2.93. The highest BCUT2D eigenvalue weighted by molar-refractivity contribution is 6.02. The quantitative estimate of drug-likeness (QED) is 0.840. The lowest BCUT2D eigenvalue weighted by molar-refractivity contribution is -0.111. The Hall–Kier alpha value is -2.56. The molecule has 2 aromatic rings. The van der Waals surface area contributed by atoms with Crippen LogP contribution in [0.1, 0.15) is 17.0 Å². The van der Waals surface area contributed by atoms with Crippen LogP contribution in [0.25, 0.3) is 6.08 Å². The van der Waals surface area contributed by atoms with Gasteiger partial charge in [-0.15, -0.1) is 0 Å². The van der Waals surface area contributed by atoms with Gasteiger partial charge in [-0.1, -0.05) is 18.2 Å². The minimum Gasteiger partial charge on any atom is -0.496 e. The van der Waals surface area contributed by atoms with Gasteiger partial charge in [0, 0.05) is 11.6 Å². The molecule has 20 heavy (non-hydrogen) atoms. The summed E-state index contributed by atoms with van der Waals surface area (Å²) in [4.78, 5) is 11.9. The van der Waals surface area contributed by atoms with Crippen LogP contribution in [-0.4, -0.2) is 23.2 Å². The van der Waals surface area contributed by atoms with Crippen LogP contribution >= 0.6 is 0 Å². The standard InChI is InChI=1S/C15H17N3O2/c1-10-15(11(2)18-17-10)16-14(19)9-8-12-6-4-5-7-13(12)20-3/h4-9H,1-3H3,(H,16,19)(H,17,18)/b9-8+. The maximum atomic E-state index is 11.9. The van der Waals surface area contributed by atoms with Crippen molar-refractivity contribution in [2.24, 2.45) is 0 Å². The molecule has 0 aliphatic heterocycles. The second kappa shape index (κ2) is 6.06. The second-order valence-corrected chi connectivity index (χ2v) is 4.37. The Labute approximate surface area is 117 Å². The maximum Gasteiger partial charge on any atom is 0.248 e. The van der Waals surface area contributed by atoms with Gasteiger partial charge in [-0.2, -0.15) is 5.10 Å². The highest BCUT2D eigenvalue weighted by atomic mass is 16.5. The molecule has 0 saturated heterocycles. The molecule has 0 radical (unpaired) electrons. The third kappa shape index (κ3) is 3.06. The fraction of sp³-hybridized carbons (Fsp3) is 0.200. The summed E-state index contributed by atoms with van der Waals surface area (Å²) in [6.45, 7) is 3.70. The van der Waals surface area contributed by atoms with Crippen molar-refractivity contribution in [1.82, 2.24) is 10.2 Å². The summed E-state index contributed by atoms with van der Waals surface area (Å²) in [5.41, 5.74) is 3.17. The van der Waals surface area contributed by atoms with Gasteiger partial charge in [0.15, 0.2) is 0 Å². The predicted octanol–water partition coefficient (Wildman–Crippen LogP) is 2.69. The number of hydrogen-bond donors (Lipinski definition) is 2. The highest BCUT2D eigenvalue weighted by Gasteiger charge is 2.08. The molecule has 0 atom stereocenters. The molecule has 0 saturated carbocycles. The van der Waals surface area contributed by atoms with Crippen molar-refractivity contribution in [3.8, 4) is 5.75 Å². The van der Waals surface area contributed by atoms with Crippen molar-refractivity contribution in [3.05, 3.63) is 47.3 Å². The van der Waals surface area contributed by atoms with Gasteiger partial charge in [-0.25, -0.2) is 0 Å². The molecule has 2 N–H and O–H groups in total. The first-order valence-electron chi connectivity index (χ1n) is 6.25. The number of rotatable bonds is 4. The van der Waals surface area contributed by atoms with Crippen LogP contribution in [0.5, 0.6) is 5.75 Å². The first-order valence-corrected chi connectivity index (χ1v) is 6.25. The lowest BCUT2D eigenvalue weighted by atomic mass is 10.2. The zero-order chi connectivity index (χ0) is 14.5. The molecule has 5 heteroatoms. The van der Waals surface area contributed by atoms with Crippen molar-refractivity contribution in [1.29, 1.82) is 0 Å². The summed E-state index contributed by atoms with van der Waals surface area (Å²) >= 11 is 0. The summed E-state index contributed by atoms with van der Waals surface area (Å²) in [5, 5.41) is 9.66. The average Bonchev–Trinajstić information content (AvgIpc) is 2.77. The number of nitrogens with zero attached hydrogens (tertiary/aromatic N) is 1. The SMILES string of the molecule is COc1ccccc1/C=C/C(=O)Nc1c(C)n[nH]c1C. The van der Waals surface area contributed by atoms with Crippen molar-refractivity contribution in [2.45, 2.75) is 13.8 Å². The van der Waals surface area contributed by atoms with E-state index in [9.17, 15) is 4.79 Å². The Morgan fingerprint density at radius 1 is 1.35 bits per heavy atom. The molecule has 0 aliphatic carbocycles. The van der Waals surface area contributed by atoms with Crippen molar-refractivity contribution < 1.29 is 9.53 Å². The molecule has 1 aromatic heterocycles. The van der Waals surface area contributed by atoms with E-state index < -0.39 is 0 Å². The largest absolute Gasteiger partial charge is 0.496 e. The van der Waals surface area contributed by atoms with Crippen molar-refractivity contribution in [3.63, 3.8) is 0 Å². The number of aromatic amines is 1. The van der Waals surface area contributed by atoms with E-state index in [2.05, 4.69) is 15.5 Å². The summed E-state index contributed by atoms with van der Waals surface area (Å²) in [5.74, 6) is 0.524. The number of aryl methyl sites for hydroxylation is 2. The van der Waals surface area contributed by atoms with Crippen LogP contribution in [0.4, 0.5) is 5.69 Å². The topological polar surface area (TPSA) is 67.0 Å². The number of aromatic nitrogens is 2. The summed E-state index contributed by atoms with van der Waals surface area (Å²) in [6.07, 6.45) is 3.20. The number of carbonyl (C=O) groups excluding carboxylic acids is 1. The number of methoxy groups -OCH3 is 1. The molecule has 2 rings (SSSR count). The van der Waals surface area contributed by atoms with Crippen molar-refractivity contribution >= 4 is 17.7 Å². The van der Waals surface area contributed by atoms with Gasteiger partial charge in [0.05, 0.1) is 24.2 Å². The fourth-order valence-corrected chi connectivity index (χ4v) is 1.87. The normalized spacial score (nSPS) is 10.8. The van der Waals surface area contributed by atoms with E-state index in [0.29, 0.717) is 0 Å². The number of nitrogens with one attached hydrogen (secondary N) is 2. The number of anilines is 1. The first kappa shape index (κ1) is 13.9. The number of para-hydroxylation sites is 1. The number of H-pyrrole nitrogens is 1. The Balaban J connectivity index is 2.10. The van der Waals surface area contributed by atoms with E-state index in [1.165, 1.54) is 6.08 Å². The van der Waals surface area contributed by atoms with E-state index in [1.807, 2.05) is 38.1 Å². The van der Waals surface area contributed by atoms with Crippen LogP contribution < -0.4 is 10.1 Å². The lowest BCUT2D eigenvalue weighted by Gasteiger charge is -2.04. The van der Waals surface area contributed by atoms with Crippen LogP contribution in [0.15, 0.2) is 30.3 Å². The molecule has 5 nitrogen and oxygen atoms in total.